The molecule has 1 unspecified atom stereocenters. The minimum absolute atomic E-state index is 0.130. The van der Waals surface area contributed by atoms with Gasteiger partial charge in [0, 0.05) is 19.5 Å². The maximum Gasteiger partial charge on any atom is 0.415 e. The fourth-order valence-corrected chi connectivity index (χ4v) is 4.54. The summed E-state index contributed by atoms with van der Waals surface area (Å²) in [6.07, 6.45) is -1.20. The number of aliphatic hydroxyl groups excluding tert-OH is 3. The third-order valence-electron chi connectivity index (χ3n) is 6.65. The zero-order chi connectivity index (χ0) is 25.9. The van der Waals surface area contributed by atoms with Crippen molar-refractivity contribution in [1.82, 2.24) is 24.4 Å². The van der Waals surface area contributed by atoms with Crippen LogP contribution in [-0.2, 0) is 4.74 Å². The van der Waals surface area contributed by atoms with Crippen molar-refractivity contribution in [3.63, 3.8) is 0 Å². The average molecular weight is 509 g/mol. The number of carbonyl (C=O) groups is 1. The van der Waals surface area contributed by atoms with Gasteiger partial charge in [-0.25, -0.2) is 19.7 Å². The number of anilines is 1. The number of aromatic nitrogens is 4. The highest BCUT2D eigenvalue weighted by atomic mass is 16.6. The molecule has 1 amide bonds. The predicted octanol–water partition coefficient (Wildman–Crippen LogP) is 0.673. The van der Waals surface area contributed by atoms with Crippen LogP contribution in [0.5, 0.6) is 5.75 Å². The van der Waals surface area contributed by atoms with Crippen molar-refractivity contribution in [1.29, 1.82) is 0 Å². The summed E-state index contributed by atoms with van der Waals surface area (Å²) in [5.74, 6) is 7.23. The van der Waals surface area contributed by atoms with Crippen LogP contribution in [0, 0.1) is 17.8 Å². The molecule has 194 valence electrons. The summed E-state index contributed by atoms with van der Waals surface area (Å²) < 4.78 is 12.4. The zero-order valence-electron chi connectivity index (χ0n) is 20.0. The van der Waals surface area contributed by atoms with Gasteiger partial charge in [-0.1, -0.05) is 24.1 Å². The summed E-state index contributed by atoms with van der Waals surface area (Å²) in [7, 11) is 0. The van der Waals surface area contributed by atoms with Crippen molar-refractivity contribution in [3.8, 4) is 17.6 Å². The van der Waals surface area contributed by atoms with Crippen LogP contribution in [-0.4, -0.2) is 83.8 Å². The highest BCUT2D eigenvalue weighted by molar-refractivity contribution is 5.82. The van der Waals surface area contributed by atoms with Gasteiger partial charge >= 0.3 is 6.09 Å². The van der Waals surface area contributed by atoms with Crippen LogP contribution in [0.4, 0.5) is 10.6 Å². The van der Waals surface area contributed by atoms with Crippen LogP contribution in [0.15, 0.2) is 36.7 Å². The molecular formula is C25H28N6O6. The second kappa shape index (κ2) is 10.7. The van der Waals surface area contributed by atoms with Gasteiger partial charge in [0.05, 0.1) is 12.9 Å². The number of ether oxygens (including phenoxy) is 2. The van der Waals surface area contributed by atoms with Gasteiger partial charge in [-0.05, 0) is 36.8 Å². The summed E-state index contributed by atoms with van der Waals surface area (Å²) in [6.45, 7) is 0.746. The molecule has 2 aliphatic rings. The van der Waals surface area contributed by atoms with Crippen LogP contribution in [0.1, 0.15) is 31.3 Å². The molecule has 2 aliphatic heterocycles. The fraction of sp³-hybridized carbons (Fsp3) is 0.440. The molecule has 3 aromatic rings. The number of carbonyl (C=O) groups excluding carboxylic acids is 1. The van der Waals surface area contributed by atoms with Crippen LogP contribution in [0.25, 0.3) is 11.2 Å². The number of piperidine rings is 1. The van der Waals surface area contributed by atoms with Gasteiger partial charge in [0.1, 0.15) is 29.6 Å². The van der Waals surface area contributed by atoms with Crippen molar-refractivity contribution >= 4 is 23.1 Å². The predicted molar refractivity (Wildman–Crippen MR) is 131 cm³/mol. The molecule has 0 bridgehead atoms. The number of imidazole rings is 1. The van der Waals surface area contributed by atoms with E-state index in [1.54, 1.807) is 17.0 Å². The lowest BCUT2D eigenvalue weighted by atomic mass is 9.94. The van der Waals surface area contributed by atoms with Gasteiger partial charge in [0.25, 0.3) is 0 Å². The number of nitrogens with two attached hydrogens (primary N) is 1. The van der Waals surface area contributed by atoms with E-state index < -0.39 is 31.1 Å². The Hall–Kier alpha value is -3.76. The maximum absolute atomic E-state index is 12.4. The number of hydrogen-bond donors (Lipinski definition) is 4. The Morgan fingerprint density at radius 1 is 1.16 bits per heavy atom. The van der Waals surface area contributed by atoms with E-state index in [1.807, 2.05) is 18.2 Å². The quantitative estimate of drug-likeness (QED) is 0.368. The molecule has 5 N–H and O–H groups in total. The molecular weight excluding hydrogens is 480 g/mol. The van der Waals surface area contributed by atoms with Gasteiger partial charge in [0.2, 0.25) is 5.82 Å². The second-order valence-electron chi connectivity index (χ2n) is 9.10. The van der Waals surface area contributed by atoms with Gasteiger partial charge < -0.3 is 35.4 Å². The number of likely N-dealkylation sites (tertiary alicyclic amines) is 1. The van der Waals surface area contributed by atoms with Crippen LogP contribution >= 0.6 is 0 Å². The Morgan fingerprint density at radius 2 is 1.92 bits per heavy atom. The molecule has 0 aliphatic carbocycles. The number of nitrogen functional groups attached to an aromatic ring is 1. The smallest absolute Gasteiger partial charge is 0.410 e. The standard InChI is InChI=1S/C25H28N6O6/c26-22-19-23(31(14-27-19)24-21(34)20(33)17(13-32)37-24)29-18(28-22)8-4-5-15-9-11-30(12-10-15)25(35)36-16-6-2-1-3-7-16/h1-3,6-7,14-15,17,20-21,24,32-34H,5,9-13H2,(H2,26,28,29)/t17-,20?,21+,24-/m1/s1. The molecule has 0 spiro atoms. The summed E-state index contributed by atoms with van der Waals surface area (Å²) in [5.41, 5.74) is 6.68. The Kier molecular flexibility index (Phi) is 7.20. The lowest BCUT2D eigenvalue weighted by Gasteiger charge is -2.30. The number of nitrogens with zero attached hydrogens (tertiary/aromatic N) is 5. The average Bonchev–Trinajstić information content (AvgIpc) is 3.45. The number of aliphatic hydroxyl groups is 3. The Bertz CT molecular complexity index is 1310. The number of fused-ring (bicyclic) bond motifs is 1. The SMILES string of the molecule is Nc1nc(C#CCC2CCN(C(=O)Oc3ccccc3)CC2)nc2c1ncn2[C@@H]1O[C@H](CO)C(O)[C@@H]1O. The molecule has 5 rings (SSSR count). The minimum atomic E-state index is -1.28. The van der Waals surface area contributed by atoms with E-state index in [9.17, 15) is 20.1 Å². The maximum atomic E-state index is 12.4. The molecule has 1 aromatic carbocycles. The monoisotopic (exact) mass is 508 g/mol. The lowest BCUT2D eigenvalue weighted by Crippen LogP contribution is -2.40. The van der Waals surface area contributed by atoms with Crippen molar-refractivity contribution < 1.29 is 29.6 Å². The van der Waals surface area contributed by atoms with E-state index in [-0.39, 0.29) is 17.7 Å². The molecule has 4 atom stereocenters. The molecule has 2 fully saturated rings. The molecule has 0 saturated carbocycles. The summed E-state index contributed by atoms with van der Waals surface area (Å²) in [5, 5.41) is 29.8. The summed E-state index contributed by atoms with van der Waals surface area (Å²) >= 11 is 0. The van der Waals surface area contributed by atoms with E-state index >= 15 is 0 Å². The Morgan fingerprint density at radius 3 is 2.62 bits per heavy atom. The molecule has 2 saturated heterocycles. The molecule has 12 nitrogen and oxygen atoms in total. The first-order valence-electron chi connectivity index (χ1n) is 12.1. The number of rotatable bonds is 4. The molecule has 4 heterocycles. The normalized spacial score (nSPS) is 24.1. The number of benzene rings is 1. The van der Waals surface area contributed by atoms with Crippen molar-refractivity contribution in [2.24, 2.45) is 5.92 Å². The van der Waals surface area contributed by atoms with Crippen molar-refractivity contribution in [2.45, 2.75) is 43.8 Å². The zero-order valence-corrected chi connectivity index (χ0v) is 20.0. The van der Waals surface area contributed by atoms with E-state index in [2.05, 4.69) is 26.8 Å². The van der Waals surface area contributed by atoms with Gasteiger partial charge in [0.15, 0.2) is 17.7 Å². The molecule has 2 aromatic heterocycles. The number of amides is 1. The van der Waals surface area contributed by atoms with E-state index in [1.165, 1.54) is 10.9 Å². The topological polar surface area (TPSA) is 169 Å². The van der Waals surface area contributed by atoms with Crippen LogP contribution < -0.4 is 10.5 Å². The van der Waals surface area contributed by atoms with E-state index in [0.29, 0.717) is 42.3 Å². The molecule has 12 heteroatoms. The largest absolute Gasteiger partial charge is 0.415 e. The van der Waals surface area contributed by atoms with E-state index in [0.717, 1.165) is 12.8 Å². The highest BCUT2D eigenvalue weighted by Gasteiger charge is 2.44. The first kappa shape index (κ1) is 24.9. The lowest BCUT2D eigenvalue weighted by molar-refractivity contribution is -0.0511. The van der Waals surface area contributed by atoms with Crippen LogP contribution in [0.2, 0.25) is 0 Å². The summed E-state index contributed by atoms with van der Waals surface area (Å²) in [6, 6.07) is 9.00. The van der Waals surface area contributed by atoms with Gasteiger partial charge in [-0.15, -0.1) is 0 Å². The summed E-state index contributed by atoms with van der Waals surface area (Å²) in [4.78, 5) is 26.9. The third kappa shape index (κ3) is 5.21. The first-order valence-corrected chi connectivity index (χ1v) is 12.1. The van der Waals surface area contributed by atoms with E-state index in [4.69, 9.17) is 15.2 Å². The molecule has 37 heavy (non-hydrogen) atoms. The third-order valence-corrected chi connectivity index (χ3v) is 6.65. The number of para-hydroxylation sites is 1. The highest BCUT2D eigenvalue weighted by Crippen LogP contribution is 2.32. The van der Waals surface area contributed by atoms with Gasteiger partial charge in [-0.3, -0.25) is 4.57 Å². The first-order chi connectivity index (χ1) is 17.9. The van der Waals surface area contributed by atoms with Crippen molar-refractivity contribution in [3.05, 3.63) is 42.5 Å². The van der Waals surface area contributed by atoms with Crippen LogP contribution in [0.3, 0.4) is 0 Å². The Labute approximate surface area is 212 Å². The van der Waals surface area contributed by atoms with Crippen molar-refractivity contribution in [2.75, 3.05) is 25.4 Å². The van der Waals surface area contributed by atoms with Gasteiger partial charge in [-0.2, -0.15) is 0 Å². The molecule has 0 radical (unpaired) electrons. The minimum Gasteiger partial charge on any atom is -0.410 e. The number of hydrogen-bond acceptors (Lipinski definition) is 10. The fourth-order valence-electron chi connectivity index (χ4n) is 4.54. The Balaban J connectivity index is 1.21. The second-order valence-corrected chi connectivity index (χ2v) is 9.10.